The number of Topliss-reactive ketones (excluding diaryl/α,β-unsaturated/α-hetero) is 1. The van der Waals surface area contributed by atoms with Crippen molar-refractivity contribution in [2.75, 3.05) is 0 Å². The van der Waals surface area contributed by atoms with Crippen LogP contribution in [0.4, 0.5) is 13.2 Å². The molecular formula is C26H29F3N4O4S2. The van der Waals surface area contributed by atoms with Crippen molar-refractivity contribution in [1.29, 1.82) is 0 Å². The molecule has 3 N–H and O–H groups in total. The Morgan fingerprint density at radius 3 is 2.49 bits per heavy atom. The molecule has 3 aromatic rings. The quantitative estimate of drug-likeness (QED) is 0.246. The number of nitrogens with zero attached hydrogens (tertiary/aromatic N) is 2. The van der Waals surface area contributed by atoms with Crippen LogP contribution < -0.4 is 10.6 Å². The Morgan fingerprint density at radius 1 is 1.08 bits per heavy atom. The Labute approximate surface area is 231 Å². The zero-order valence-electron chi connectivity index (χ0n) is 21.3. The number of rotatable bonds is 13. The third-order valence-corrected chi connectivity index (χ3v) is 7.55. The number of alkyl halides is 3. The lowest BCUT2D eigenvalue weighted by Crippen LogP contribution is -2.51. The molecule has 13 heteroatoms. The van der Waals surface area contributed by atoms with E-state index < -0.39 is 48.4 Å². The van der Waals surface area contributed by atoms with Crippen LogP contribution in [0.15, 0.2) is 42.0 Å². The molecule has 0 bridgehead atoms. The molecule has 0 fully saturated rings. The Kier molecular flexibility index (Phi) is 10.7. The van der Waals surface area contributed by atoms with Crippen LogP contribution in [0.1, 0.15) is 64.1 Å². The van der Waals surface area contributed by atoms with Crippen LogP contribution in [0.2, 0.25) is 0 Å². The fourth-order valence-corrected chi connectivity index (χ4v) is 5.18. The number of aryl methyl sites for hydroxylation is 1. The predicted molar refractivity (Wildman–Crippen MR) is 143 cm³/mol. The number of aromatic nitrogens is 2. The highest BCUT2D eigenvalue weighted by Crippen LogP contribution is 2.26. The second-order valence-corrected chi connectivity index (χ2v) is 11.0. The molecule has 8 nitrogen and oxygen atoms in total. The molecule has 1 aromatic carbocycles. The monoisotopic (exact) mass is 582 g/mol. The highest BCUT2D eigenvalue weighted by Gasteiger charge is 2.31. The molecule has 1 unspecified atom stereocenters. The van der Waals surface area contributed by atoms with Crippen LogP contribution in [0.5, 0.6) is 0 Å². The van der Waals surface area contributed by atoms with Gasteiger partial charge in [-0.05, 0) is 45.6 Å². The molecule has 0 aliphatic rings. The molecule has 210 valence electrons. The smallest absolute Gasteiger partial charge is 0.389 e. The van der Waals surface area contributed by atoms with Gasteiger partial charge in [-0.3, -0.25) is 14.4 Å². The van der Waals surface area contributed by atoms with Crippen LogP contribution in [-0.4, -0.2) is 57.0 Å². The van der Waals surface area contributed by atoms with Crippen molar-refractivity contribution in [1.82, 2.24) is 20.6 Å². The van der Waals surface area contributed by atoms with Gasteiger partial charge >= 0.3 is 6.18 Å². The average molecular weight is 583 g/mol. The third-order valence-electron chi connectivity index (χ3n) is 5.72. The fraction of sp³-hybridized carbons (Fsp3) is 0.423. The lowest BCUT2D eigenvalue weighted by Gasteiger charge is -2.23. The van der Waals surface area contributed by atoms with Crippen LogP contribution in [-0.2, 0) is 4.79 Å². The van der Waals surface area contributed by atoms with E-state index in [-0.39, 0.29) is 35.6 Å². The Balaban J connectivity index is 1.75. The molecule has 0 saturated heterocycles. The molecular weight excluding hydrogens is 553 g/mol. The maximum Gasteiger partial charge on any atom is 0.389 e. The van der Waals surface area contributed by atoms with E-state index in [1.807, 2.05) is 31.2 Å². The summed E-state index contributed by atoms with van der Waals surface area (Å²) < 4.78 is 38.2. The summed E-state index contributed by atoms with van der Waals surface area (Å²) in [6.07, 6.45) is -3.93. The molecule has 2 aromatic heterocycles. The molecule has 0 saturated carbocycles. The molecule has 0 spiro atoms. The minimum absolute atomic E-state index is 0.0412. The van der Waals surface area contributed by atoms with Crippen molar-refractivity contribution in [2.45, 2.75) is 70.3 Å². The number of thiazole rings is 2. The summed E-state index contributed by atoms with van der Waals surface area (Å²) in [5.41, 5.74) is 1.87. The predicted octanol–water partition coefficient (Wildman–Crippen LogP) is 4.93. The largest absolute Gasteiger partial charge is 0.393 e. The summed E-state index contributed by atoms with van der Waals surface area (Å²) >= 11 is 2.15. The second kappa shape index (κ2) is 13.8. The number of benzene rings is 1. The normalized spacial score (nSPS) is 13.9. The van der Waals surface area contributed by atoms with E-state index >= 15 is 0 Å². The lowest BCUT2D eigenvalue weighted by molar-refractivity contribution is -0.135. The van der Waals surface area contributed by atoms with Gasteiger partial charge in [0.15, 0.2) is 5.01 Å². The first-order chi connectivity index (χ1) is 18.4. The molecule has 3 rings (SSSR count). The van der Waals surface area contributed by atoms with Crippen molar-refractivity contribution in [3.8, 4) is 10.6 Å². The van der Waals surface area contributed by atoms with E-state index in [0.29, 0.717) is 5.01 Å². The summed E-state index contributed by atoms with van der Waals surface area (Å²) in [6, 6.07) is 5.20. The van der Waals surface area contributed by atoms with Gasteiger partial charge in [0, 0.05) is 23.6 Å². The van der Waals surface area contributed by atoms with Gasteiger partial charge in [0.2, 0.25) is 11.7 Å². The Bertz CT molecular complexity index is 1260. The van der Waals surface area contributed by atoms with E-state index in [9.17, 15) is 32.7 Å². The molecule has 2 heterocycles. The summed E-state index contributed by atoms with van der Waals surface area (Å²) in [5.74, 6) is -1.92. The van der Waals surface area contributed by atoms with Gasteiger partial charge in [0.1, 0.15) is 15.9 Å². The van der Waals surface area contributed by atoms with E-state index in [1.165, 1.54) is 19.3 Å². The van der Waals surface area contributed by atoms with Crippen molar-refractivity contribution in [3.05, 3.63) is 57.5 Å². The van der Waals surface area contributed by atoms with Crippen molar-refractivity contribution < 1.29 is 32.7 Å². The van der Waals surface area contributed by atoms with Crippen LogP contribution >= 0.6 is 22.7 Å². The molecule has 0 aliphatic heterocycles. The first-order valence-corrected chi connectivity index (χ1v) is 13.9. The number of hydrogen-bond donors (Lipinski definition) is 3. The number of amides is 2. The number of nitrogens with one attached hydrogen (secondary N) is 2. The number of aliphatic hydroxyl groups excluding tert-OH is 1. The highest BCUT2D eigenvalue weighted by molar-refractivity contribution is 7.16. The zero-order chi connectivity index (χ0) is 28.6. The van der Waals surface area contributed by atoms with Crippen LogP contribution in [0.3, 0.4) is 0 Å². The maximum atomic E-state index is 13.2. The van der Waals surface area contributed by atoms with Gasteiger partial charge in [-0.25, -0.2) is 9.97 Å². The first-order valence-electron chi connectivity index (χ1n) is 12.3. The SMILES string of the molecule is Cc1cccc(-c2ncc(C(=O)N[C@@H](CCC(C)O)C(=O)N[C@@H](CCCC(F)(F)F)C(=O)c3nccs3)s2)c1. The summed E-state index contributed by atoms with van der Waals surface area (Å²) in [4.78, 5) is 47.6. The standard InChI is InChI=1S/C26H29F3N4O4S2/c1-15-5-3-6-17(13-15)24-31-14-20(39-24)23(37)33-19(9-8-16(2)34)22(36)32-18(7-4-10-26(27,28)29)21(35)25-30-11-12-38-25/h3,5-6,11-14,16,18-19,34H,4,7-10H2,1-2H3,(H,32,36)(H,33,37)/t16?,18-,19-/m0/s1. The van der Waals surface area contributed by atoms with E-state index in [1.54, 1.807) is 5.38 Å². The van der Waals surface area contributed by atoms with Gasteiger partial charge in [-0.15, -0.1) is 22.7 Å². The van der Waals surface area contributed by atoms with E-state index in [4.69, 9.17) is 0 Å². The molecule has 39 heavy (non-hydrogen) atoms. The van der Waals surface area contributed by atoms with Crippen molar-refractivity contribution in [2.24, 2.45) is 0 Å². The van der Waals surface area contributed by atoms with Gasteiger partial charge < -0.3 is 15.7 Å². The third kappa shape index (κ3) is 9.52. The summed E-state index contributed by atoms with van der Waals surface area (Å²) in [6.45, 7) is 3.46. The molecule has 3 atom stereocenters. The first kappa shape index (κ1) is 30.4. The Hall–Kier alpha value is -3.16. The number of halogens is 3. The second-order valence-electron chi connectivity index (χ2n) is 9.12. The lowest BCUT2D eigenvalue weighted by atomic mass is 10.0. The van der Waals surface area contributed by atoms with Gasteiger partial charge in [0.05, 0.1) is 18.3 Å². The topological polar surface area (TPSA) is 121 Å². The average Bonchev–Trinajstić information content (AvgIpc) is 3.57. The summed E-state index contributed by atoms with van der Waals surface area (Å²) in [7, 11) is 0. The molecule has 0 aliphatic carbocycles. The van der Waals surface area contributed by atoms with E-state index in [2.05, 4.69) is 20.6 Å². The van der Waals surface area contributed by atoms with Crippen LogP contribution in [0.25, 0.3) is 10.6 Å². The fourth-order valence-electron chi connectivity index (χ4n) is 3.74. The minimum Gasteiger partial charge on any atom is -0.393 e. The number of carbonyl (C=O) groups is 3. The number of ketones is 1. The molecule has 2 amide bonds. The van der Waals surface area contributed by atoms with Gasteiger partial charge in [0.25, 0.3) is 5.91 Å². The van der Waals surface area contributed by atoms with Crippen LogP contribution in [0, 0.1) is 6.92 Å². The Morgan fingerprint density at radius 2 is 1.85 bits per heavy atom. The van der Waals surface area contributed by atoms with E-state index in [0.717, 1.165) is 33.8 Å². The number of carbonyl (C=O) groups excluding carboxylic acids is 3. The molecule has 0 radical (unpaired) electrons. The number of hydrogen-bond acceptors (Lipinski definition) is 8. The van der Waals surface area contributed by atoms with Gasteiger partial charge in [-0.1, -0.05) is 23.8 Å². The summed E-state index contributed by atoms with van der Waals surface area (Å²) in [5, 5.41) is 17.1. The van der Waals surface area contributed by atoms with Crippen molar-refractivity contribution in [3.63, 3.8) is 0 Å². The minimum atomic E-state index is -4.40. The number of aliphatic hydroxyl groups is 1. The zero-order valence-corrected chi connectivity index (χ0v) is 23.0. The highest BCUT2D eigenvalue weighted by atomic mass is 32.1. The van der Waals surface area contributed by atoms with Crippen molar-refractivity contribution >= 4 is 40.3 Å². The maximum absolute atomic E-state index is 13.2. The van der Waals surface area contributed by atoms with Gasteiger partial charge in [-0.2, -0.15) is 13.2 Å².